The summed E-state index contributed by atoms with van der Waals surface area (Å²) in [5.74, 6) is 0.724. The van der Waals surface area contributed by atoms with Gasteiger partial charge in [-0.25, -0.2) is 0 Å². The van der Waals surface area contributed by atoms with E-state index in [1.807, 2.05) is 0 Å². The summed E-state index contributed by atoms with van der Waals surface area (Å²) in [4.78, 5) is 13.9. The van der Waals surface area contributed by atoms with Gasteiger partial charge in [0, 0.05) is 0 Å². The molecule has 0 saturated heterocycles. The van der Waals surface area contributed by atoms with E-state index in [2.05, 4.69) is 18.7 Å². The van der Waals surface area contributed by atoms with Gasteiger partial charge in [-0.3, -0.25) is 0 Å². The Balaban J connectivity index is 2.96. The summed E-state index contributed by atoms with van der Waals surface area (Å²) < 4.78 is 0. The van der Waals surface area contributed by atoms with Gasteiger partial charge in [-0.1, -0.05) is 33.1 Å². The summed E-state index contributed by atoms with van der Waals surface area (Å²) in [5.41, 5.74) is 0. The first kappa shape index (κ1) is 11.2. The third-order valence-corrected chi connectivity index (χ3v) is 1.62. The molecule has 0 aliphatic rings. The van der Waals surface area contributed by atoms with Gasteiger partial charge in [0.15, 0.2) is 0 Å². The molecule has 0 atom stereocenters. The SMILES string of the molecule is CC(C)CCCCCO[N+](=O)[O-]. The van der Waals surface area contributed by atoms with Crippen molar-refractivity contribution in [1.29, 1.82) is 0 Å². The molecule has 0 aliphatic carbocycles. The van der Waals surface area contributed by atoms with Crippen LogP contribution in [0.4, 0.5) is 0 Å². The first-order valence-corrected chi connectivity index (χ1v) is 4.40. The summed E-state index contributed by atoms with van der Waals surface area (Å²) in [7, 11) is 0. The lowest BCUT2D eigenvalue weighted by molar-refractivity contribution is -0.757. The molecular formula is C8H17NO3. The summed E-state index contributed by atoms with van der Waals surface area (Å²) in [6, 6.07) is 0. The van der Waals surface area contributed by atoms with Gasteiger partial charge < -0.3 is 4.84 Å². The van der Waals surface area contributed by atoms with E-state index in [-0.39, 0.29) is 6.61 Å². The molecule has 0 spiro atoms. The van der Waals surface area contributed by atoms with Crippen molar-refractivity contribution >= 4 is 0 Å². The molecule has 4 heteroatoms. The number of nitrogens with zero attached hydrogens (tertiary/aromatic N) is 1. The van der Waals surface area contributed by atoms with Crippen LogP contribution in [0.1, 0.15) is 39.5 Å². The third kappa shape index (κ3) is 9.20. The first-order valence-electron chi connectivity index (χ1n) is 4.40. The van der Waals surface area contributed by atoms with Crippen LogP contribution in [0.3, 0.4) is 0 Å². The fourth-order valence-electron chi connectivity index (χ4n) is 0.971. The van der Waals surface area contributed by atoms with E-state index in [4.69, 9.17) is 0 Å². The zero-order valence-corrected chi connectivity index (χ0v) is 7.78. The predicted molar refractivity (Wildman–Crippen MR) is 46.3 cm³/mol. The topological polar surface area (TPSA) is 52.4 Å². The number of hydrogen-bond acceptors (Lipinski definition) is 3. The second-order valence-corrected chi connectivity index (χ2v) is 3.30. The molecule has 4 nitrogen and oxygen atoms in total. The van der Waals surface area contributed by atoms with Crippen LogP contribution in [0.2, 0.25) is 0 Å². The number of rotatable bonds is 7. The van der Waals surface area contributed by atoms with Gasteiger partial charge in [0.1, 0.15) is 0 Å². The summed E-state index contributed by atoms with van der Waals surface area (Å²) in [6.07, 6.45) is 4.14. The highest BCUT2D eigenvalue weighted by atomic mass is 16.9. The van der Waals surface area contributed by atoms with Crippen LogP contribution < -0.4 is 0 Å². The fourth-order valence-corrected chi connectivity index (χ4v) is 0.971. The summed E-state index contributed by atoms with van der Waals surface area (Å²) in [5, 5.41) is 8.99. The Bertz CT molecular complexity index is 125. The van der Waals surface area contributed by atoms with Crippen LogP contribution >= 0.6 is 0 Å². The Hall–Kier alpha value is -0.800. The molecule has 0 heterocycles. The van der Waals surface area contributed by atoms with E-state index in [0.29, 0.717) is 0 Å². The normalized spacial score (nSPS) is 10.2. The van der Waals surface area contributed by atoms with Gasteiger partial charge in [0.05, 0.1) is 6.61 Å². The molecule has 0 aromatic rings. The average molecular weight is 175 g/mol. The molecule has 72 valence electrons. The van der Waals surface area contributed by atoms with E-state index >= 15 is 0 Å². The Morgan fingerprint density at radius 1 is 1.33 bits per heavy atom. The van der Waals surface area contributed by atoms with E-state index in [1.165, 1.54) is 6.42 Å². The van der Waals surface area contributed by atoms with E-state index < -0.39 is 5.09 Å². The smallest absolute Gasteiger partial charge is 0.294 e. The Morgan fingerprint density at radius 3 is 2.50 bits per heavy atom. The molecule has 0 bridgehead atoms. The molecule has 12 heavy (non-hydrogen) atoms. The van der Waals surface area contributed by atoms with Crippen LogP contribution in [-0.2, 0) is 4.84 Å². The molecule has 0 N–H and O–H groups in total. The van der Waals surface area contributed by atoms with E-state index in [1.54, 1.807) is 0 Å². The lowest BCUT2D eigenvalue weighted by atomic mass is 10.1. The van der Waals surface area contributed by atoms with Gasteiger partial charge in [0.2, 0.25) is 0 Å². The minimum atomic E-state index is -0.734. The molecular weight excluding hydrogens is 158 g/mol. The standard InChI is InChI=1S/C8H17NO3/c1-8(2)6-4-3-5-7-12-9(10)11/h8H,3-7H2,1-2H3. The number of unbranched alkanes of at least 4 members (excludes halogenated alkanes) is 2. The second kappa shape index (κ2) is 6.88. The molecule has 0 aliphatic heterocycles. The van der Waals surface area contributed by atoms with Crippen molar-refractivity contribution in [3.8, 4) is 0 Å². The van der Waals surface area contributed by atoms with E-state index in [0.717, 1.165) is 25.2 Å². The number of hydrogen-bond donors (Lipinski definition) is 0. The Kier molecular flexibility index (Phi) is 6.42. The molecule has 0 rings (SSSR count). The van der Waals surface area contributed by atoms with Crippen LogP contribution in [0.25, 0.3) is 0 Å². The molecule has 0 radical (unpaired) electrons. The maximum absolute atomic E-state index is 9.72. The van der Waals surface area contributed by atoms with Crippen molar-refractivity contribution in [2.45, 2.75) is 39.5 Å². The maximum atomic E-state index is 9.72. The van der Waals surface area contributed by atoms with Gasteiger partial charge in [-0.2, -0.15) is 0 Å². The zero-order valence-electron chi connectivity index (χ0n) is 7.78. The lowest BCUT2D eigenvalue weighted by Crippen LogP contribution is -2.01. The maximum Gasteiger partial charge on any atom is 0.294 e. The first-order chi connectivity index (χ1) is 5.63. The van der Waals surface area contributed by atoms with Crippen molar-refractivity contribution in [3.05, 3.63) is 10.1 Å². The highest BCUT2D eigenvalue weighted by molar-refractivity contribution is 4.46. The van der Waals surface area contributed by atoms with Crippen molar-refractivity contribution < 1.29 is 9.92 Å². The highest BCUT2D eigenvalue weighted by Gasteiger charge is 1.96. The van der Waals surface area contributed by atoms with Crippen molar-refractivity contribution in [2.24, 2.45) is 5.92 Å². The minimum Gasteiger partial charge on any atom is -0.314 e. The Morgan fingerprint density at radius 2 is 2.00 bits per heavy atom. The molecule has 0 aromatic heterocycles. The predicted octanol–water partition coefficient (Wildman–Crippen LogP) is 2.41. The van der Waals surface area contributed by atoms with Crippen LogP contribution in [-0.4, -0.2) is 11.7 Å². The van der Waals surface area contributed by atoms with Gasteiger partial charge in [-0.15, -0.1) is 10.1 Å². The summed E-state index contributed by atoms with van der Waals surface area (Å²) in [6.45, 7) is 4.59. The second-order valence-electron chi connectivity index (χ2n) is 3.30. The molecule has 0 unspecified atom stereocenters. The highest BCUT2D eigenvalue weighted by Crippen LogP contribution is 2.07. The third-order valence-electron chi connectivity index (χ3n) is 1.62. The molecule has 0 fully saturated rings. The fraction of sp³-hybridized carbons (Fsp3) is 1.00. The van der Waals surface area contributed by atoms with Crippen LogP contribution in [0.15, 0.2) is 0 Å². The zero-order chi connectivity index (χ0) is 9.40. The summed E-state index contributed by atoms with van der Waals surface area (Å²) >= 11 is 0. The molecule has 0 saturated carbocycles. The largest absolute Gasteiger partial charge is 0.314 e. The average Bonchev–Trinajstić information content (AvgIpc) is 1.95. The van der Waals surface area contributed by atoms with Crippen LogP contribution in [0, 0.1) is 16.0 Å². The lowest BCUT2D eigenvalue weighted by Gasteiger charge is -2.03. The molecule has 0 aromatic carbocycles. The Labute approximate surface area is 73.0 Å². The molecule has 0 amide bonds. The van der Waals surface area contributed by atoms with Gasteiger partial charge in [-0.05, 0) is 12.3 Å². The monoisotopic (exact) mass is 175 g/mol. The quantitative estimate of drug-likeness (QED) is 0.339. The van der Waals surface area contributed by atoms with Gasteiger partial charge >= 0.3 is 0 Å². The van der Waals surface area contributed by atoms with Crippen LogP contribution in [0.5, 0.6) is 0 Å². The van der Waals surface area contributed by atoms with Crippen molar-refractivity contribution in [1.82, 2.24) is 0 Å². The van der Waals surface area contributed by atoms with Crippen molar-refractivity contribution in [2.75, 3.05) is 6.61 Å². The minimum absolute atomic E-state index is 0.241. The van der Waals surface area contributed by atoms with Crippen molar-refractivity contribution in [3.63, 3.8) is 0 Å². The van der Waals surface area contributed by atoms with Gasteiger partial charge in [0.25, 0.3) is 5.09 Å². The van der Waals surface area contributed by atoms with E-state index in [9.17, 15) is 10.1 Å².